The fraction of sp³-hybridized carbons (Fsp3) is 0.409. The molecule has 1 aliphatic rings. The van der Waals surface area contributed by atoms with Gasteiger partial charge in [0.1, 0.15) is 12.0 Å². The van der Waals surface area contributed by atoms with Crippen LogP contribution in [0.1, 0.15) is 49.0 Å². The lowest BCUT2D eigenvalue weighted by Crippen LogP contribution is -2.24. The number of carbonyl (C=O) groups is 1. The second kappa shape index (κ2) is 12.4. The number of anilines is 2. The average molecular weight is 391 g/mol. The maximum Gasteiger partial charge on any atom is 0.150 e. The van der Waals surface area contributed by atoms with Crippen molar-refractivity contribution in [2.24, 2.45) is 0 Å². The maximum atomic E-state index is 10.6. The number of halogens is 1. The van der Waals surface area contributed by atoms with Gasteiger partial charge in [0.15, 0.2) is 0 Å². The molecule has 0 unspecified atom stereocenters. The lowest BCUT2D eigenvalue weighted by molar-refractivity contribution is 0.112. The first-order valence-corrected chi connectivity index (χ1v) is 9.87. The zero-order chi connectivity index (χ0) is 20.2. The molecule has 1 saturated heterocycles. The van der Waals surface area contributed by atoms with E-state index in [1.54, 1.807) is 24.3 Å². The lowest BCUT2D eigenvalue weighted by Gasteiger charge is -2.20. The number of hydrogen-bond acceptors (Lipinski definition) is 4. The zero-order valence-corrected chi connectivity index (χ0v) is 17.5. The number of carbonyl (C=O) groups excluding carboxylic acids is 1. The molecule has 0 radical (unpaired) electrons. The molecule has 0 spiro atoms. The number of nitrogens with one attached hydrogen (secondary N) is 1. The number of hydrogen-bond donors (Lipinski definition) is 2. The molecule has 0 amide bonds. The van der Waals surface area contributed by atoms with Crippen molar-refractivity contribution < 1.29 is 9.90 Å². The maximum absolute atomic E-state index is 10.6. The highest BCUT2D eigenvalue weighted by molar-refractivity contribution is 6.32. The van der Waals surface area contributed by atoms with Crippen molar-refractivity contribution in [1.82, 2.24) is 4.90 Å². The second-order valence-corrected chi connectivity index (χ2v) is 6.75. The van der Waals surface area contributed by atoms with E-state index in [2.05, 4.69) is 17.3 Å². The quantitative estimate of drug-likeness (QED) is 0.495. The van der Waals surface area contributed by atoms with Crippen LogP contribution in [0.4, 0.5) is 11.4 Å². The Labute approximate surface area is 168 Å². The number of aryl methyl sites for hydroxylation is 1. The van der Waals surface area contributed by atoms with E-state index in [0.717, 1.165) is 23.2 Å². The van der Waals surface area contributed by atoms with Gasteiger partial charge >= 0.3 is 0 Å². The number of piperidine rings is 1. The van der Waals surface area contributed by atoms with E-state index in [0.29, 0.717) is 10.6 Å². The summed E-state index contributed by atoms with van der Waals surface area (Å²) in [6.07, 6.45) is 5.09. The van der Waals surface area contributed by atoms with E-state index < -0.39 is 0 Å². The Morgan fingerprint density at radius 2 is 1.74 bits per heavy atom. The first-order valence-electron chi connectivity index (χ1n) is 9.49. The number of aromatic hydroxyl groups is 1. The normalized spacial score (nSPS) is 13.5. The van der Waals surface area contributed by atoms with Crippen LogP contribution in [0.3, 0.4) is 0 Å². The molecule has 3 rings (SSSR count). The van der Waals surface area contributed by atoms with Crippen LogP contribution in [0, 0.1) is 6.92 Å². The number of phenolic OH excluding ortho intramolecular Hbond substituents is 1. The molecule has 1 aliphatic heterocycles. The summed E-state index contributed by atoms with van der Waals surface area (Å²) in [6.45, 7) is 8.55. The molecule has 0 saturated carbocycles. The van der Waals surface area contributed by atoms with Crippen molar-refractivity contribution >= 4 is 29.3 Å². The predicted molar refractivity (Wildman–Crippen MR) is 116 cm³/mol. The minimum atomic E-state index is 0.0511. The minimum absolute atomic E-state index is 0.0511. The van der Waals surface area contributed by atoms with Gasteiger partial charge in [0.25, 0.3) is 0 Å². The Hall–Kier alpha value is -2.04. The summed E-state index contributed by atoms with van der Waals surface area (Å²) in [4.78, 5) is 13.0. The third-order valence-electron chi connectivity index (χ3n) is 4.19. The number of benzene rings is 2. The van der Waals surface area contributed by atoms with Gasteiger partial charge < -0.3 is 15.3 Å². The smallest absolute Gasteiger partial charge is 0.150 e. The van der Waals surface area contributed by atoms with Crippen LogP contribution in [0.2, 0.25) is 5.02 Å². The Morgan fingerprint density at radius 1 is 1.07 bits per heavy atom. The molecule has 5 heteroatoms. The molecule has 148 valence electrons. The summed E-state index contributed by atoms with van der Waals surface area (Å²) in [5.41, 5.74) is 3.27. The van der Waals surface area contributed by atoms with Crippen molar-refractivity contribution in [2.75, 3.05) is 25.5 Å². The number of phenols is 1. The van der Waals surface area contributed by atoms with Gasteiger partial charge in [-0.1, -0.05) is 31.9 Å². The second-order valence-electron chi connectivity index (χ2n) is 6.35. The highest BCUT2D eigenvalue weighted by Crippen LogP contribution is 2.28. The third kappa shape index (κ3) is 8.02. The molecular formula is C22H31ClN2O2. The predicted octanol–water partition coefficient (Wildman–Crippen LogP) is 6.04. The van der Waals surface area contributed by atoms with Gasteiger partial charge in [0.2, 0.25) is 0 Å². The summed E-state index contributed by atoms with van der Waals surface area (Å²) in [6, 6.07) is 10.3. The van der Waals surface area contributed by atoms with Crippen LogP contribution >= 0.6 is 11.6 Å². The van der Waals surface area contributed by atoms with E-state index in [4.69, 9.17) is 11.6 Å². The van der Waals surface area contributed by atoms with Crippen molar-refractivity contribution in [3.63, 3.8) is 0 Å². The summed E-state index contributed by atoms with van der Waals surface area (Å²) >= 11 is 5.83. The monoisotopic (exact) mass is 390 g/mol. The van der Waals surface area contributed by atoms with Crippen molar-refractivity contribution in [3.8, 4) is 5.75 Å². The summed E-state index contributed by atoms with van der Waals surface area (Å²) in [7, 11) is 2.19. The minimum Gasteiger partial charge on any atom is -0.506 e. The number of rotatable bonds is 3. The molecule has 1 fully saturated rings. The van der Waals surface area contributed by atoms with E-state index >= 15 is 0 Å². The lowest BCUT2D eigenvalue weighted by atomic mass is 10.1. The zero-order valence-electron chi connectivity index (χ0n) is 16.8. The molecule has 1 heterocycles. The summed E-state index contributed by atoms with van der Waals surface area (Å²) < 4.78 is 0. The first kappa shape index (κ1) is 23.0. The first-order chi connectivity index (χ1) is 13.0. The fourth-order valence-corrected chi connectivity index (χ4v) is 2.87. The Morgan fingerprint density at radius 3 is 2.22 bits per heavy atom. The third-order valence-corrected chi connectivity index (χ3v) is 4.50. The highest BCUT2D eigenvalue weighted by atomic mass is 35.5. The fourth-order valence-electron chi connectivity index (χ4n) is 2.69. The van der Waals surface area contributed by atoms with Crippen molar-refractivity contribution in [2.45, 2.75) is 40.0 Å². The molecule has 0 aromatic heterocycles. The van der Waals surface area contributed by atoms with Gasteiger partial charge in [-0.2, -0.15) is 0 Å². The molecule has 27 heavy (non-hydrogen) atoms. The van der Waals surface area contributed by atoms with Crippen molar-refractivity contribution in [3.05, 3.63) is 52.5 Å². The average Bonchev–Trinajstić information content (AvgIpc) is 2.69. The molecule has 2 N–H and O–H groups in total. The van der Waals surface area contributed by atoms with Gasteiger partial charge in [0, 0.05) is 16.9 Å². The van der Waals surface area contributed by atoms with Crippen LogP contribution in [0.15, 0.2) is 36.4 Å². The van der Waals surface area contributed by atoms with Crippen molar-refractivity contribution in [1.29, 1.82) is 0 Å². The molecule has 2 aromatic carbocycles. The van der Waals surface area contributed by atoms with Gasteiger partial charge in [-0.3, -0.25) is 4.79 Å². The summed E-state index contributed by atoms with van der Waals surface area (Å²) in [5.74, 6) is 0.0511. The highest BCUT2D eigenvalue weighted by Gasteiger charge is 2.03. The largest absolute Gasteiger partial charge is 0.506 e. The van der Waals surface area contributed by atoms with Gasteiger partial charge in [-0.05, 0) is 81.9 Å². The SMILES string of the molecule is CC.CN1CCCCC1.Cc1cc(C=O)ccc1Nc1ccc(O)c(Cl)c1. The molecular weight excluding hydrogens is 360 g/mol. The van der Waals surface area contributed by atoms with Gasteiger partial charge in [-0.25, -0.2) is 0 Å². The topological polar surface area (TPSA) is 52.6 Å². The van der Waals surface area contributed by atoms with E-state index in [1.807, 2.05) is 26.8 Å². The van der Waals surface area contributed by atoms with Crippen LogP contribution in [-0.4, -0.2) is 36.4 Å². The molecule has 2 aromatic rings. The van der Waals surface area contributed by atoms with Crippen LogP contribution in [0.25, 0.3) is 0 Å². The number of likely N-dealkylation sites (tertiary alicyclic amines) is 1. The number of aldehydes is 1. The van der Waals surface area contributed by atoms with Crippen LogP contribution in [0.5, 0.6) is 5.75 Å². The van der Waals surface area contributed by atoms with Gasteiger partial charge in [0.05, 0.1) is 5.02 Å². The standard InChI is InChI=1S/C14H12ClNO2.C6H13N.C2H6/c1-9-6-10(8-17)2-4-13(9)16-11-3-5-14(18)12(15)7-11;1-7-5-3-2-4-6-7;1-2/h2-8,16,18H,1H3;2-6H2,1H3;1-2H3. The molecule has 4 nitrogen and oxygen atoms in total. The van der Waals surface area contributed by atoms with Gasteiger partial charge in [-0.15, -0.1) is 0 Å². The molecule has 0 aliphatic carbocycles. The Balaban J connectivity index is 0.000000338. The Bertz CT molecular complexity index is 713. The van der Waals surface area contributed by atoms with Crippen LogP contribution < -0.4 is 5.32 Å². The van der Waals surface area contributed by atoms with E-state index in [-0.39, 0.29) is 5.75 Å². The molecule has 0 bridgehead atoms. The van der Waals surface area contributed by atoms with E-state index in [1.165, 1.54) is 38.4 Å². The molecule has 0 atom stereocenters. The van der Waals surface area contributed by atoms with E-state index in [9.17, 15) is 9.90 Å². The number of nitrogens with zero attached hydrogens (tertiary/aromatic N) is 1. The Kier molecular flexibility index (Phi) is 10.5. The summed E-state index contributed by atoms with van der Waals surface area (Å²) in [5, 5.41) is 12.8. The van der Waals surface area contributed by atoms with Crippen LogP contribution in [-0.2, 0) is 0 Å².